The topological polar surface area (TPSA) is 85.6 Å². The zero-order valence-electron chi connectivity index (χ0n) is 12.3. The summed E-state index contributed by atoms with van der Waals surface area (Å²) in [7, 11) is -3.75. The van der Waals surface area contributed by atoms with E-state index in [0.717, 1.165) is 12.8 Å². The third-order valence-electron chi connectivity index (χ3n) is 4.09. The van der Waals surface area contributed by atoms with E-state index >= 15 is 0 Å². The van der Waals surface area contributed by atoms with Gasteiger partial charge >= 0.3 is 0 Å². The Hall–Kier alpha value is -1.18. The summed E-state index contributed by atoms with van der Waals surface area (Å²) in [4.78, 5) is 10.6. The minimum absolute atomic E-state index is 0.00110. The van der Waals surface area contributed by atoms with Crippen molar-refractivity contribution >= 4 is 16.3 Å². The molecule has 1 aromatic heterocycles. The lowest BCUT2D eigenvalue weighted by molar-refractivity contribution is -0.0905. The molecule has 2 heterocycles. The van der Waals surface area contributed by atoms with E-state index in [0.29, 0.717) is 25.7 Å². The zero-order valence-corrected chi connectivity index (χ0v) is 13.1. The molecule has 1 aromatic rings. The van der Waals surface area contributed by atoms with Crippen LogP contribution in [-0.4, -0.2) is 33.0 Å². The highest BCUT2D eigenvalue weighted by atomic mass is 32.2. The Morgan fingerprint density at radius 2 is 2.10 bits per heavy atom. The van der Waals surface area contributed by atoms with Gasteiger partial charge in [0.25, 0.3) is 10.0 Å². The van der Waals surface area contributed by atoms with Crippen molar-refractivity contribution < 1.29 is 22.4 Å². The van der Waals surface area contributed by atoms with Crippen molar-refractivity contribution in [2.45, 2.75) is 56.3 Å². The smallest absolute Gasteiger partial charge is 0.274 e. The number of sulfonamides is 1. The van der Waals surface area contributed by atoms with Gasteiger partial charge in [0.2, 0.25) is 5.09 Å². The molecule has 1 saturated heterocycles. The summed E-state index contributed by atoms with van der Waals surface area (Å²) in [6.45, 7) is 4.62. The quantitative estimate of drug-likeness (QED) is 0.813. The van der Waals surface area contributed by atoms with Crippen molar-refractivity contribution in [1.82, 2.24) is 4.72 Å². The number of carbonyl (C=O) groups excluding carboxylic acids is 1. The molecular formula is C14H21NO5S. The van der Waals surface area contributed by atoms with E-state index in [4.69, 9.17) is 9.15 Å². The van der Waals surface area contributed by atoms with E-state index in [9.17, 15) is 13.2 Å². The van der Waals surface area contributed by atoms with Crippen LogP contribution in [0.4, 0.5) is 0 Å². The van der Waals surface area contributed by atoms with Crippen LogP contribution in [0.15, 0.2) is 21.6 Å². The molecule has 118 valence electrons. The molecule has 0 aliphatic carbocycles. The van der Waals surface area contributed by atoms with Gasteiger partial charge in [-0.25, -0.2) is 13.1 Å². The predicted octanol–water partition coefficient (Wildman–Crippen LogP) is 2.11. The van der Waals surface area contributed by atoms with E-state index in [2.05, 4.69) is 4.72 Å². The third kappa shape index (κ3) is 3.53. The average Bonchev–Trinajstić information content (AvgIpc) is 2.97. The molecule has 0 spiro atoms. The molecule has 1 N–H and O–H groups in total. The average molecular weight is 315 g/mol. The largest absolute Gasteiger partial charge is 0.440 e. The molecule has 6 nitrogen and oxygen atoms in total. The predicted molar refractivity (Wildman–Crippen MR) is 76.7 cm³/mol. The van der Waals surface area contributed by atoms with Crippen molar-refractivity contribution in [3.8, 4) is 0 Å². The Bertz CT molecular complexity index is 588. The Morgan fingerprint density at radius 1 is 1.38 bits per heavy atom. The van der Waals surface area contributed by atoms with Gasteiger partial charge in [-0.15, -0.1) is 0 Å². The Kier molecular flexibility index (Phi) is 4.85. The summed E-state index contributed by atoms with van der Waals surface area (Å²) in [6.07, 6.45) is 3.44. The number of hydrogen-bond donors (Lipinski definition) is 1. The van der Waals surface area contributed by atoms with Crippen LogP contribution in [0.5, 0.6) is 0 Å². The van der Waals surface area contributed by atoms with Crippen molar-refractivity contribution in [3.05, 3.63) is 17.9 Å². The van der Waals surface area contributed by atoms with Crippen LogP contribution in [0.3, 0.4) is 0 Å². The molecule has 0 amide bonds. The second-order valence-electron chi connectivity index (χ2n) is 5.32. The molecule has 0 bridgehead atoms. The van der Waals surface area contributed by atoms with Gasteiger partial charge in [-0.1, -0.05) is 13.8 Å². The van der Waals surface area contributed by atoms with Gasteiger partial charge in [0, 0.05) is 12.6 Å². The minimum atomic E-state index is -3.75. The van der Waals surface area contributed by atoms with Crippen LogP contribution in [0.1, 0.15) is 50.1 Å². The second-order valence-corrected chi connectivity index (χ2v) is 6.97. The first-order chi connectivity index (χ1) is 9.94. The van der Waals surface area contributed by atoms with Crippen LogP contribution in [-0.2, 0) is 14.8 Å². The molecule has 0 saturated carbocycles. The Balaban J connectivity index is 2.11. The molecular weight excluding hydrogens is 294 g/mol. The fourth-order valence-electron chi connectivity index (χ4n) is 2.69. The van der Waals surface area contributed by atoms with Crippen LogP contribution in [0.25, 0.3) is 0 Å². The molecule has 1 atom stereocenters. The first kappa shape index (κ1) is 16.2. The van der Waals surface area contributed by atoms with Crippen molar-refractivity contribution in [2.24, 2.45) is 0 Å². The number of rotatable bonds is 6. The van der Waals surface area contributed by atoms with Crippen LogP contribution in [0, 0.1) is 0 Å². The Morgan fingerprint density at radius 3 is 2.67 bits per heavy atom. The molecule has 7 heteroatoms. The summed E-state index contributed by atoms with van der Waals surface area (Å²) < 4.78 is 38.0. The summed E-state index contributed by atoms with van der Waals surface area (Å²) >= 11 is 0. The van der Waals surface area contributed by atoms with Crippen molar-refractivity contribution in [2.75, 3.05) is 6.61 Å². The van der Waals surface area contributed by atoms with E-state index in [1.165, 1.54) is 12.1 Å². The second kappa shape index (κ2) is 6.29. The van der Waals surface area contributed by atoms with Gasteiger partial charge in [-0.2, -0.15) is 0 Å². The molecule has 21 heavy (non-hydrogen) atoms. The van der Waals surface area contributed by atoms with Gasteiger partial charge in [0.05, 0.1) is 5.60 Å². The van der Waals surface area contributed by atoms with Crippen molar-refractivity contribution in [3.63, 3.8) is 0 Å². The fourth-order valence-corrected chi connectivity index (χ4v) is 3.90. The minimum Gasteiger partial charge on any atom is -0.440 e. The highest BCUT2D eigenvalue weighted by Crippen LogP contribution is 2.32. The molecule has 1 fully saturated rings. The normalized spacial score (nSPS) is 22.1. The lowest BCUT2D eigenvalue weighted by Crippen LogP contribution is -2.48. The summed E-state index contributed by atoms with van der Waals surface area (Å²) in [5.41, 5.74) is -0.261. The van der Waals surface area contributed by atoms with Crippen LogP contribution in [0.2, 0.25) is 0 Å². The summed E-state index contributed by atoms with van der Waals surface area (Å²) in [5.74, 6) is -0.00110. The van der Waals surface area contributed by atoms with E-state index < -0.39 is 10.0 Å². The van der Waals surface area contributed by atoms with E-state index in [1.807, 2.05) is 13.8 Å². The SMILES string of the molecule is CCC1(CC)CC(NS(=O)(=O)c2ccc(C=O)o2)CCO1. The number of ether oxygens (including phenoxy) is 1. The maximum Gasteiger partial charge on any atom is 0.274 e. The molecule has 0 radical (unpaired) electrons. The molecule has 1 unspecified atom stereocenters. The first-order valence-corrected chi connectivity index (χ1v) is 8.64. The van der Waals surface area contributed by atoms with Crippen LogP contribution >= 0.6 is 0 Å². The first-order valence-electron chi connectivity index (χ1n) is 7.16. The Labute approximate surface area is 124 Å². The van der Waals surface area contributed by atoms with Gasteiger partial charge in [0.1, 0.15) is 0 Å². The zero-order chi connectivity index (χ0) is 15.5. The third-order valence-corrected chi connectivity index (χ3v) is 5.48. The summed E-state index contributed by atoms with van der Waals surface area (Å²) in [5, 5.41) is -0.227. The number of carbonyl (C=O) groups is 1. The highest BCUT2D eigenvalue weighted by molar-refractivity contribution is 7.89. The van der Waals surface area contributed by atoms with Gasteiger partial charge in [-0.05, 0) is 37.8 Å². The fraction of sp³-hybridized carbons (Fsp3) is 0.643. The lowest BCUT2D eigenvalue weighted by Gasteiger charge is -2.40. The maximum absolute atomic E-state index is 12.3. The van der Waals surface area contributed by atoms with Gasteiger partial charge in [0.15, 0.2) is 12.0 Å². The lowest BCUT2D eigenvalue weighted by atomic mass is 9.86. The van der Waals surface area contributed by atoms with E-state index in [-0.39, 0.29) is 22.5 Å². The number of aldehydes is 1. The molecule has 1 aliphatic rings. The van der Waals surface area contributed by atoms with Gasteiger partial charge in [-0.3, -0.25) is 4.79 Å². The number of furan rings is 1. The highest BCUT2D eigenvalue weighted by Gasteiger charge is 2.36. The van der Waals surface area contributed by atoms with Gasteiger partial charge < -0.3 is 9.15 Å². The van der Waals surface area contributed by atoms with E-state index in [1.54, 1.807) is 0 Å². The number of hydrogen-bond acceptors (Lipinski definition) is 5. The number of nitrogens with one attached hydrogen (secondary N) is 1. The van der Waals surface area contributed by atoms with Crippen LogP contribution < -0.4 is 4.72 Å². The molecule has 1 aliphatic heterocycles. The molecule has 0 aromatic carbocycles. The summed E-state index contributed by atoms with van der Waals surface area (Å²) in [6, 6.07) is 2.44. The standard InChI is InChI=1S/C14H21NO5S/c1-3-14(4-2)9-11(7-8-19-14)15-21(17,18)13-6-5-12(10-16)20-13/h5-6,10-11,15H,3-4,7-9H2,1-2H3. The molecule has 2 rings (SSSR count). The monoisotopic (exact) mass is 315 g/mol. The van der Waals surface area contributed by atoms with Crippen molar-refractivity contribution in [1.29, 1.82) is 0 Å². The maximum atomic E-state index is 12.3.